The van der Waals surface area contributed by atoms with Crippen LogP contribution in [-0.2, 0) is 55.7 Å². The summed E-state index contributed by atoms with van der Waals surface area (Å²) < 4.78 is 5.17. The Morgan fingerprint density at radius 3 is 1.96 bits per heavy atom. The van der Waals surface area contributed by atoms with Crippen LogP contribution in [0.2, 0.25) is 0 Å². The van der Waals surface area contributed by atoms with Gasteiger partial charge in [-0.3, -0.25) is 0 Å². The molecule has 0 atom stereocenters. The van der Waals surface area contributed by atoms with Gasteiger partial charge in [-0.25, -0.2) is 0 Å². The maximum absolute atomic E-state index is 11.1. The van der Waals surface area contributed by atoms with Crippen LogP contribution in [0.25, 0.3) is 0 Å². The van der Waals surface area contributed by atoms with Crippen molar-refractivity contribution in [2.24, 2.45) is 32.3 Å². The van der Waals surface area contributed by atoms with Gasteiger partial charge in [0.05, 0.1) is 0 Å². The van der Waals surface area contributed by atoms with Gasteiger partial charge in [-0.2, -0.15) is 0 Å². The normalized spacial score (nSPS) is 10.3. The van der Waals surface area contributed by atoms with E-state index in [1.54, 1.807) is 49.8 Å². The zero-order valence-electron chi connectivity index (χ0n) is 24.5. The molecule has 0 aliphatic heterocycles. The number of nitrogens with two attached hydrogens (primary N) is 3. The van der Waals surface area contributed by atoms with Crippen molar-refractivity contribution < 1.29 is 55.7 Å². The predicted octanol–water partition coefficient (Wildman–Crippen LogP) is 0.686. The van der Waals surface area contributed by atoms with Gasteiger partial charge in [0, 0.05) is 0 Å². The topological polar surface area (TPSA) is 199 Å². The second kappa shape index (κ2) is 28.3. The number of carbonyl (C=O) groups excluding carboxylic acids is 1. The van der Waals surface area contributed by atoms with E-state index < -0.39 is 0 Å². The van der Waals surface area contributed by atoms with Crippen LogP contribution < -0.4 is 22.7 Å². The van der Waals surface area contributed by atoms with E-state index in [2.05, 4.69) is 115 Å². The van der Waals surface area contributed by atoms with Crippen LogP contribution in [-0.4, -0.2) is 87.9 Å². The number of aliphatic imine (C=N–C) groups is 3. The first-order valence-electron chi connectivity index (χ1n) is 11.8. The van der Waals surface area contributed by atoms with Crippen LogP contribution in [0.15, 0.2) is 75.0 Å². The van der Waals surface area contributed by atoms with Gasteiger partial charge in [-0.15, -0.1) is 0 Å². The molecule has 2 heterocycles. The summed E-state index contributed by atoms with van der Waals surface area (Å²) in [5.41, 5.74) is 14.4. The maximum atomic E-state index is 11.1. The fourth-order valence-corrected chi connectivity index (χ4v) is 3.21. The zero-order chi connectivity index (χ0) is 34.6. The molecule has 235 valence electrons. The molecule has 0 saturated heterocycles. The van der Waals surface area contributed by atoms with Crippen molar-refractivity contribution in [3.05, 3.63) is 86.0 Å². The summed E-state index contributed by atoms with van der Waals surface area (Å²) in [4.78, 5) is 40.8. The first-order valence-corrected chi connectivity index (χ1v) is 15.9. The Kier molecular flexibility index (Phi) is 27.6. The molecule has 2 rings (SSSR count). The van der Waals surface area contributed by atoms with Gasteiger partial charge in [0.25, 0.3) is 0 Å². The molecule has 2 aromatic rings. The number of thiocarbonyl (C=S) groups is 1. The summed E-state index contributed by atoms with van der Waals surface area (Å²) in [7, 11) is 3.64. The Morgan fingerprint density at radius 2 is 1.53 bits per heavy atom. The Labute approximate surface area is 300 Å². The molecule has 0 amide bonds. The van der Waals surface area contributed by atoms with Gasteiger partial charge in [-0.1, -0.05) is 0 Å². The number of nitrogen functional groups attached to an aromatic ring is 1. The van der Waals surface area contributed by atoms with Crippen LogP contribution in [0.3, 0.4) is 0 Å². The molecule has 0 aromatic carbocycles. The van der Waals surface area contributed by atoms with Crippen molar-refractivity contribution in [2.75, 3.05) is 25.8 Å². The van der Waals surface area contributed by atoms with Gasteiger partial charge < -0.3 is 11.5 Å². The van der Waals surface area contributed by atoms with Gasteiger partial charge in [0.2, 0.25) is 0 Å². The summed E-state index contributed by atoms with van der Waals surface area (Å²) in [5.74, 6) is 5.22. The number of ketones is 1. The van der Waals surface area contributed by atoms with E-state index in [1.165, 1.54) is 36.5 Å². The Bertz CT molecular complexity index is 1370. The summed E-state index contributed by atoms with van der Waals surface area (Å²) in [5, 5.41) is 0.724. The van der Waals surface area contributed by atoms with Crippen LogP contribution in [0, 0.1) is 19.7 Å². The molecule has 7 N–H and O–H groups in total. The average Bonchev–Trinajstić information content (AvgIpc) is 3.04. The molecule has 13 nitrogen and oxygen atoms in total. The third-order valence-corrected chi connectivity index (χ3v) is 5.39. The Balaban J connectivity index is 0. The van der Waals surface area contributed by atoms with E-state index in [1.807, 2.05) is 20.4 Å². The monoisotopic (exact) mass is 756 g/mol. The molecule has 0 radical (unpaired) electrons. The number of thioether (sulfide) groups is 1. The SMILES string of the molecule is NC(N)=S.[CH-]=C(N=C[CH]=[V])C(=O)/C=C/N(C)C.[CH-]=CN=C([CH]=[V])c1ccnc(NN)n1.[CH-]=CN=C([CH]=[V])c1ccnc(SC)n1. The van der Waals surface area contributed by atoms with Crippen molar-refractivity contribution in [1.29, 1.82) is 0 Å². The van der Waals surface area contributed by atoms with E-state index in [4.69, 9.17) is 25.6 Å². The second-order valence-electron chi connectivity index (χ2n) is 7.28. The minimum atomic E-state index is -0.292. The molecular weight excluding hydrogens is 725 g/mol. The van der Waals surface area contributed by atoms with Gasteiger partial charge in [0.1, 0.15) is 0 Å². The molecule has 2 aromatic heterocycles. The molecule has 18 heteroatoms. The third kappa shape index (κ3) is 22.9. The molecular formula is C27H31N12OS2V3-3. The van der Waals surface area contributed by atoms with Crippen LogP contribution in [0.5, 0.6) is 0 Å². The Morgan fingerprint density at radius 1 is 1.02 bits per heavy atom. The van der Waals surface area contributed by atoms with Crippen LogP contribution in [0.4, 0.5) is 5.95 Å². The minimum absolute atomic E-state index is 0.000000000000000222. The number of hydrogen-bond donors (Lipinski definition) is 4. The van der Waals surface area contributed by atoms with E-state index in [-0.39, 0.29) is 16.6 Å². The van der Waals surface area contributed by atoms with Gasteiger partial charge in [-0.05, 0) is 12.2 Å². The number of hydrazine groups is 1. The molecule has 0 bridgehead atoms. The summed E-state index contributed by atoms with van der Waals surface area (Å²) in [6, 6.07) is 3.51. The predicted molar refractivity (Wildman–Crippen MR) is 178 cm³/mol. The number of nitrogens with zero attached hydrogens (tertiary/aromatic N) is 8. The molecule has 0 saturated carbocycles. The summed E-state index contributed by atoms with van der Waals surface area (Å²) in [6.07, 6.45) is 12.1. The van der Waals surface area contributed by atoms with E-state index in [0.717, 1.165) is 16.6 Å². The summed E-state index contributed by atoms with van der Waals surface area (Å²) in [6.45, 7) is 15.8. The number of rotatable bonds is 13. The van der Waals surface area contributed by atoms with Crippen LogP contribution >= 0.6 is 24.0 Å². The standard InChI is InChI=1S/C9H8N3S.C9H11N2O.C8H8N5.CH4N2S.3V/c1-4-10-7(2)8-5-6-11-9(12-8)13-3;1-5-10-8(2)9(12)6-7-11(3)4;1-3-10-6(2)7-4-5-11-8(12-7)13-9;2-1(3)4;;;/h1-2,4-6H,3H3;1-2,5-7H,3-4H3;1-5H,9H2,(H,11,12,13);(H4,2,3,4);;;/q3*-1;;;;/b;7-6+,10-5?;;;;;. The summed E-state index contributed by atoms with van der Waals surface area (Å²) >= 11 is 12.4. The average molecular weight is 757 g/mol. The van der Waals surface area contributed by atoms with E-state index in [0.29, 0.717) is 17.4 Å². The number of anilines is 1. The number of aromatic nitrogens is 4. The van der Waals surface area contributed by atoms with Crippen LogP contribution in [0.1, 0.15) is 11.4 Å². The molecule has 45 heavy (non-hydrogen) atoms. The first kappa shape index (κ1) is 43.9. The van der Waals surface area contributed by atoms with Gasteiger partial charge >= 0.3 is 274 Å². The fourth-order valence-electron chi connectivity index (χ4n) is 2.12. The zero-order valence-corrected chi connectivity index (χ0v) is 30.4. The van der Waals surface area contributed by atoms with Crippen molar-refractivity contribution in [3.8, 4) is 0 Å². The number of nitrogens with one attached hydrogen (secondary N) is 1. The van der Waals surface area contributed by atoms with E-state index >= 15 is 0 Å². The number of carbonyl (C=O) groups is 1. The van der Waals surface area contributed by atoms with Crippen molar-refractivity contribution in [2.45, 2.75) is 5.16 Å². The Hall–Kier alpha value is -3.24. The third-order valence-electron chi connectivity index (χ3n) is 3.85. The molecule has 0 aliphatic carbocycles. The molecule has 0 fully saturated rings. The van der Waals surface area contributed by atoms with Gasteiger partial charge in [0.15, 0.2) is 5.11 Å². The van der Waals surface area contributed by atoms with E-state index in [9.17, 15) is 4.79 Å². The number of allylic oxidation sites excluding steroid dienone is 1. The molecule has 0 unspecified atom stereocenters. The molecule has 0 aliphatic rings. The number of hydrogen-bond acceptors (Lipinski definition) is 13. The van der Waals surface area contributed by atoms with Crippen molar-refractivity contribution in [1.82, 2.24) is 24.8 Å². The quantitative estimate of drug-likeness (QED) is 0.0327. The second-order valence-corrected chi connectivity index (χ2v) is 9.80. The van der Waals surface area contributed by atoms with Crippen molar-refractivity contribution in [3.63, 3.8) is 0 Å². The first-order chi connectivity index (χ1) is 21.4. The van der Waals surface area contributed by atoms with Crippen molar-refractivity contribution >= 4 is 72.6 Å². The fraction of sp³-hybridized carbons (Fsp3) is 0.111. The molecule has 0 spiro atoms.